The number of nitrogens with zero attached hydrogens (tertiary/aromatic N) is 3. The topological polar surface area (TPSA) is 70.2 Å². The third-order valence-electron chi connectivity index (χ3n) is 3.68. The van der Waals surface area contributed by atoms with E-state index in [2.05, 4.69) is 48.6 Å². The van der Waals surface area contributed by atoms with Crippen molar-refractivity contribution in [1.82, 2.24) is 10.2 Å². The SMILES string of the molecule is C[C@H]1CCCN(c2nnc(NC(=O)Nc3ccccc3Br)s2)C1. The number of anilines is 3. The van der Waals surface area contributed by atoms with Crippen molar-refractivity contribution in [3.05, 3.63) is 28.7 Å². The Bertz CT molecular complexity index is 692. The van der Waals surface area contributed by atoms with Gasteiger partial charge in [0.25, 0.3) is 0 Å². The zero-order valence-corrected chi connectivity index (χ0v) is 15.2. The van der Waals surface area contributed by atoms with Gasteiger partial charge in [0.05, 0.1) is 5.69 Å². The van der Waals surface area contributed by atoms with Crippen LogP contribution in [0.4, 0.5) is 20.7 Å². The number of carbonyl (C=O) groups is 1. The minimum absolute atomic E-state index is 0.327. The standard InChI is InChI=1S/C15H18BrN5OS/c1-10-5-4-8-21(9-10)15-20-19-14(23-15)18-13(22)17-12-7-3-2-6-11(12)16/h2-3,6-7,10H,4-5,8-9H2,1H3,(H2,17,18,19,22)/t10-/m0/s1. The van der Waals surface area contributed by atoms with Crippen molar-refractivity contribution in [1.29, 1.82) is 0 Å². The number of carbonyl (C=O) groups excluding carboxylic acids is 1. The molecule has 0 aliphatic carbocycles. The summed E-state index contributed by atoms with van der Waals surface area (Å²) < 4.78 is 0.829. The number of hydrogen-bond donors (Lipinski definition) is 2. The molecule has 122 valence electrons. The first-order valence-electron chi connectivity index (χ1n) is 7.53. The number of piperidine rings is 1. The summed E-state index contributed by atoms with van der Waals surface area (Å²) in [6.07, 6.45) is 2.43. The molecule has 0 radical (unpaired) electrons. The molecule has 2 aromatic rings. The Hall–Kier alpha value is -1.67. The van der Waals surface area contributed by atoms with Crippen molar-refractivity contribution in [3.63, 3.8) is 0 Å². The molecule has 1 aromatic carbocycles. The van der Waals surface area contributed by atoms with Gasteiger partial charge >= 0.3 is 6.03 Å². The van der Waals surface area contributed by atoms with E-state index in [4.69, 9.17) is 0 Å². The Morgan fingerprint density at radius 3 is 2.96 bits per heavy atom. The number of benzene rings is 1. The predicted octanol–water partition coefficient (Wildman–Crippen LogP) is 4.18. The summed E-state index contributed by atoms with van der Waals surface area (Å²) in [5.74, 6) is 0.669. The number of amides is 2. The van der Waals surface area contributed by atoms with Gasteiger partial charge in [-0.3, -0.25) is 5.32 Å². The van der Waals surface area contributed by atoms with Gasteiger partial charge in [0.2, 0.25) is 10.3 Å². The van der Waals surface area contributed by atoms with Crippen molar-refractivity contribution >= 4 is 49.2 Å². The van der Waals surface area contributed by atoms with E-state index < -0.39 is 0 Å². The number of halogens is 1. The van der Waals surface area contributed by atoms with Gasteiger partial charge in [0.1, 0.15) is 0 Å². The Labute approximate surface area is 147 Å². The molecule has 0 saturated carbocycles. The molecule has 0 bridgehead atoms. The third-order valence-corrected chi connectivity index (χ3v) is 5.28. The zero-order chi connectivity index (χ0) is 16.2. The maximum atomic E-state index is 12.1. The van der Waals surface area contributed by atoms with E-state index in [0.29, 0.717) is 16.7 Å². The molecule has 1 aliphatic heterocycles. The smallest absolute Gasteiger partial charge is 0.325 e. The third kappa shape index (κ3) is 4.20. The molecule has 1 fully saturated rings. The van der Waals surface area contributed by atoms with Crippen LogP contribution in [-0.4, -0.2) is 29.3 Å². The number of para-hydroxylation sites is 1. The number of nitrogens with one attached hydrogen (secondary N) is 2. The van der Waals surface area contributed by atoms with Crippen LogP contribution in [0.1, 0.15) is 19.8 Å². The number of urea groups is 1. The number of rotatable bonds is 3. The molecule has 6 nitrogen and oxygen atoms in total. The predicted molar refractivity (Wildman–Crippen MR) is 97.3 cm³/mol. The van der Waals surface area contributed by atoms with Gasteiger partial charge in [0.15, 0.2) is 0 Å². The summed E-state index contributed by atoms with van der Waals surface area (Å²) in [6.45, 7) is 4.25. The lowest BCUT2D eigenvalue weighted by Gasteiger charge is -2.29. The first kappa shape index (κ1) is 16.2. The van der Waals surface area contributed by atoms with Crippen LogP contribution in [0, 0.1) is 5.92 Å². The Morgan fingerprint density at radius 2 is 2.17 bits per heavy atom. The van der Waals surface area contributed by atoms with Crippen LogP contribution in [0.5, 0.6) is 0 Å². The number of hydrogen-bond acceptors (Lipinski definition) is 5. The number of aromatic nitrogens is 2. The molecule has 1 atom stereocenters. The highest BCUT2D eigenvalue weighted by Gasteiger charge is 2.20. The molecular weight excluding hydrogens is 378 g/mol. The molecule has 0 spiro atoms. The molecular formula is C15H18BrN5OS. The van der Waals surface area contributed by atoms with Crippen LogP contribution >= 0.6 is 27.3 Å². The molecule has 1 aromatic heterocycles. The largest absolute Gasteiger partial charge is 0.346 e. The Balaban J connectivity index is 1.60. The molecule has 2 N–H and O–H groups in total. The van der Waals surface area contributed by atoms with Gasteiger partial charge < -0.3 is 10.2 Å². The van der Waals surface area contributed by atoms with E-state index in [9.17, 15) is 4.79 Å². The van der Waals surface area contributed by atoms with Crippen molar-refractivity contribution in [2.24, 2.45) is 5.92 Å². The molecule has 23 heavy (non-hydrogen) atoms. The second-order valence-electron chi connectivity index (χ2n) is 5.64. The molecule has 3 rings (SSSR count). The Morgan fingerprint density at radius 1 is 1.35 bits per heavy atom. The second kappa shape index (κ2) is 7.27. The summed E-state index contributed by atoms with van der Waals surface area (Å²) in [4.78, 5) is 14.3. The van der Waals surface area contributed by atoms with Crippen LogP contribution in [0.3, 0.4) is 0 Å². The average molecular weight is 396 g/mol. The van der Waals surface area contributed by atoms with E-state index in [1.54, 1.807) is 0 Å². The first-order chi connectivity index (χ1) is 11.1. The summed E-state index contributed by atoms with van der Waals surface area (Å²) in [6, 6.07) is 7.12. The summed E-state index contributed by atoms with van der Waals surface area (Å²) in [5.41, 5.74) is 0.708. The highest BCUT2D eigenvalue weighted by atomic mass is 79.9. The van der Waals surface area contributed by atoms with E-state index in [1.165, 1.54) is 24.2 Å². The van der Waals surface area contributed by atoms with Gasteiger partial charge in [-0.05, 0) is 46.8 Å². The highest BCUT2D eigenvalue weighted by molar-refractivity contribution is 9.10. The van der Waals surface area contributed by atoms with Gasteiger partial charge in [-0.2, -0.15) is 0 Å². The van der Waals surface area contributed by atoms with Crippen LogP contribution in [0.15, 0.2) is 28.7 Å². The lowest BCUT2D eigenvalue weighted by Crippen LogP contribution is -2.34. The first-order valence-corrected chi connectivity index (χ1v) is 9.14. The molecule has 1 saturated heterocycles. The molecule has 1 aliphatic rings. The summed E-state index contributed by atoms with van der Waals surface area (Å²) in [5, 5.41) is 15.1. The fourth-order valence-electron chi connectivity index (χ4n) is 2.57. The average Bonchev–Trinajstić information content (AvgIpc) is 2.98. The van der Waals surface area contributed by atoms with Crippen molar-refractivity contribution in [2.75, 3.05) is 28.6 Å². The lowest BCUT2D eigenvalue weighted by atomic mass is 10.0. The van der Waals surface area contributed by atoms with Crippen LogP contribution in [-0.2, 0) is 0 Å². The van der Waals surface area contributed by atoms with E-state index >= 15 is 0 Å². The van der Waals surface area contributed by atoms with Gasteiger partial charge in [-0.25, -0.2) is 4.79 Å². The van der Waals surface area contributed by atoms with Crippen molar-refractivity contribution < 1.29 is 4.79 Å². The van der Waals surface area contributed by atoms with Gasteiger partial charge in [-0.1, -0.05) is 30.4 Å². The van der Waals surface area contributed by atoms with Crippen molar-refractivity contribution in [2.45, 2.75) is 19.8 Å². The summed E-state index contributed by atoms with van der Waals surface area (Å²) in [7, 11) is 0. The van der Waals surface area contributed by atoms with Crippen LogP contribution < -0.4 is 15.5 Å². The quantitative estimate of drug-likeness (QED) is 0.817. The Kier molecular flexibility index (Phi) is 5.12. The van der Waals surface area contributed by atoms with Gasteiger partial charge in [-0.15, -0.1) is 10.2 Å². The lowest BCUT2D eigenvalue weighted by molar-refractivity contribution is 0.262. The zero-order valence-electron chi connectivity index (χ0n) is 12.8. The summed E-state index contributed by atoms with van der Waals surface area (Å²) >= 11 is 4.80. The molecule has 0 unspecified atom stereocenters. The second-order valence-corrected chi connectivity index (χ2v) is 7.45. The van der Waals surface area contributed by atoms with E-state index in [1.807, 2.05) is 24.3 Å². The molecule has 2 amide bonds. The van der Waals surface area contributed by atoms with Gasteiger partial charge in [0, 0.05) is 17.6 Å². The highest BCUT2D eigenvalue weighted by Crippen LogP contribution is 2.28. The van der Waals surface area contributed by atoms with Crippen LogP contribution in [0.25, 0.3) is 0 Å². The fourth-order valence-corrected chi connectivity index (χ4v) is 3.73. The fraction of sp³-hybridized carbons (Fsp3) is 0.400. The maximum absolute atomic E-state index is 12.1. The van der Waals surface area contributed by atoms with Crippen molar-refractivity contribution in [3.8, 4) is 0 Å². The van der Waals surface area contributed by atoms with E-state index in [0.717, 1.165) is 22.7 Å². The molecule has 2 heterocycles. The molecule has 8 heteroatoms. The monoisotopic (exact) mass is 395 g/mol. The maximum Gasteiger partial charge on any atom is 0.325 e. The van der Waals surface area contributed by atoms with Crippen LogP contribution in [0.2, 0.25) is 0 Å². The minimum atomic E-state index is -0.327. The minimum Gasteiger partial charge on any atom is -0.346 e. The van der Waals surface area contributed by atoms with E-state index in [-0.39, 0.29) is 6.03 Å². The normalized spacial score (nSPS) is 17.8.